The fourth-order valence-electron chi connectivity index (χ4n) is 7.73. The zero-order valence-electron chi connectivity index (χ0n) is 22.5. The van der Waals surface area contributed by atoms with Crippen LogP contribution in [-0.2, 0) is 21.4 Å². The number of benzene rings is 1. The monoisotopic (exact) mass is 520 g/mol. The summed E-state index contributed by atoms with van der Waals surface area (Å²) in [5.74, 6) is 1.10. The van der Waals surface area contributed by atoms with Crippen molar-refractivity contribution in [3.05, 3.63) is 47.4 Å². The molecule has 4 aliphatic rings. The van der Waals surface area contributed by atoms with Crippen molar-refractivity contribution in [2.24, 2.45) is 11.8 Å². The number of likely N-dealkylation sites (tertiary alicyclic amines) is 1. The number of furan rings is 1. The molecule has 3 heterocycles. The van der Waals surface area contributed by atoms with E-state index >= 15 is 0 Å². The Kier molecular flexibility index (Phi) is 6.05. The van der Waals surface area contributed by atoms with Gasteiger partial charge in [0.15, 0.2) is 11.5 Å². The number of phenolic OH excluding ortho intramolecular Hbond substituents is 1. The van der Waals surface area contributed by atoms with E-state index in [0.717, 1.165) is 48.9 Å². The second kappa shape index (κ2) is 9.19. The SMILES string of the molecule is CC(=O)Oc1cc(O)c2c3c1O[C@@H]1[C@H](N(CC(C)C)C(=O)C=Cc4ccoc4)CC[C@H]4[C@@H](C2)N(C)CC[C@]314. The minimum absolute atomic E-state index is 0.0529. The van der Waals surface area contributed by atoms with Crippen LogP contribution in [0.5, 0.6) is 17.2 Å². The summed E-state index contributed by atoms with van der Waals surface area (Å²) in [5.41, 5.74) is 2.39. The fourth-order valence-corrected chi connectivity index (χ4v) is 7.73. The summed E-state index contributed by atoms with van der Waals surface area (Å²) < 4.78 is 17.6. The summed E-state index contributed by atoms with van der Waals surface area (Å²) in [6.45, 7) is 7.11. The number of ether oxygens (including phenoxy) is 2. The highest BCUT2D eigenvalue weighted by atomic mass is 16.6. The van der Waals surface area contributed by atoms with E-state index < -0.39 is 5.97 Å². The van der Waals surface area contributed by atoms with Crippen molar-refractivity contribution in [3.8, 4) is 17.2 Å². The van der Waals surface area contributed by atoms with Crippen molar-refractivity contribution < 1.29 is 28.6 Å². The first-order valence-electron chi connectivity index (χ1n) is 13.7. The van der Waals surface area contributed by atoms with E-state index in [1.807, 2.05) is 11.0 Å². The molecule has 1 amide bonds. The van der Waals surface area contributed by atoms with E-state index in [0.29, 0.717) is 18.2 Å². The molecule has 2 bridgehead atoms. The lowest BCUT2D eigenvalue weighted by molar-refractivity contribution is -0.138. The molecule has 38 heavy (non-hydrogen) atoms. The first-order valence-corrected chi connectivity index (χ1v) is 13.7. The molecule has 2 aromatic rings. The molecule has 2 fully saturated rings. The topological polar surface area (TPSA) is 92.5 Å². The lowest BCUT2D eigenvalue weighted by atomic mass is 9.51. The Morgan fingerprint density at radius 1 is 1.34 bits per heavy atom. The van der Waals surface area contributed by atoms with E-state index in [9.17, 15) is 14.7 Å². The molecular formula is C30H36N2O6. The van der Waals surface area contributed by atoms with Gasteiger partial charge in [-0.2, -0.15) is 0 Å². The van der Waals surface area contributed by atoms with Crippen LogP contribution in [0, 0.1) is 11.8 Å². The number of aromatic hydroxyl groups is 1. The zero-order valence-corrected chi connectivity index (χ0v) is 22.5. The number of amides is 1. The summed E-state index contributed by atoms with van der Waals surface area (Å²) in [4.78, 5) is 30.1. The van der Waals surface area contributed by atoms with Gasteiger partial charge in [0.1, 0.15) is 11.9 Å². The van der Waals surface area contributed by atoms with Crippen molar-refractivity contribution >= 4 is 18.0 Å². The van der Waals surface area contributed by atoms with E-state index in [-0.39, 0.29) is 46.9 Å². The van der Waals surface area contributed by atoms with Crippen LogP contribution in [0.1, 0.15) is 56.7 Å². The van der Waals surface area contributed by atoms with Gasteiger partial charge in [-0.15, -0.1) is 0 Å². The molecule has 1 aromatic carbocycles. The first kappa shape index (κ1) is 25.0. The smallest absolute Gasteiger partial charge is 0.308 e. The van der Waals surface area contributed by atoms with Gasteiger partial charge in [0.2, 0.25) is 5.91 Å². The highest BCUT2D eigenvalue weighted by molar-refractivity contribution is 5.92. The molecule has 1 saturated carbocycles. The van der Waals surface area contributed by atoms with Gasteiger partial charge in [-0.05, 0) is 63.3 Å². The van der Waals surface area contributed by atoms with Gasteiger partial charge in [0.25, 0.3) is 0 Å². The molecule has 1 saturated heterocycles. The normalized spacial score (nSPS) is 29.3. The van der Waals surface area contributed by atoms with Gasteiger partial charge >= 0.3 is 5.97 Å². The molecule has 6 rings (SSSR count). The Labute approximate surface area is 223 Å². The lowest BCUT2D eigenvalue weighted by Gasteiger charge is -2.60. The zero-order chi connectivity index (χ0) is 26.8. The molecule has 2 aliphatic carbocycles. The molecular weight excluding hydrogens is 484 g/mol. The summed E-state index contributed by atoms with van der Waals surface area (Å²) in [7, 11) is 2.17. The first-order chi connectivity index (χ1) is 18.2. The number of hydrogen-bond donors (Lipinski definition) is 1. The fraction of sp³-hybridized carbons (Fsp3) is 0.533. The summed E-state index contributed by atoms with van der Waals surface area (Å²) in [6.07, 6.45) is 9.72. The number of carbonyl (C=O) groups excluding carboxylic acids is 2. The van der Waals surface area contributed by atoms with Crippen molar-refractivity contribution in [2.45, 2.75) is 70.1 Å². The molecule has 1 aromatic heterocycles. The van der Waals surface area contributed by atoms with Crippen molar-refractivity contribution in [1.82, 2.24) is 9.80 Å². The number of likely N-dealkylation sites (N-methyl/N-ethyl adjacent to an activating group) is 1. The standard InChI is InChI=1S/C30H36N2O6/c1-17(2)15-32(26(35)8-5-19-9-12-36-16-19)22-7-6-21-23-13-20-24(34)14-25(37-18(3)33)28-27(20)30(21,29(22)38-28)10-11-31(23)4/h5,8-9,12,14,16-17,21-23,29,34H,6-7,10-11,13,15H2,1-4H3/t21-,22+,23+,29+,30-/m0/s1. The maximum Gasteiger partial charge on any atom is 0.308 e. The largest absolute Gasteiger partial charge is 0.508 e. The van der Waals surface area contributed by atoms with Gasteiger partial charge in [0.05, 0.1) is 18.6 Å². The van der Waals surface area contributed by atoms with Crippen LogP contribution in [0.4, 0.5) is 0 Å². The quantitative estimate of drug-likeness (QED) is 0.348. The van der Waals surface area contributed by atoms with Crippen LogP contribution in [0.15, 0.2) is 35.2 Å². The van der Waals surface area contributed by atoms with Gasteiger partial charge in [-0.1, -0.05) is 13.8 Å². The van der Waals surface area contributed by atoms with Gasteiger partial charge in [0, 0.05) is 53.8 Å². The maximum atomic E-state index is 13.7. The third-order valence-electron chi connectivity index (χ3n) is 9.11. The summed E-state index contributed by atoms with van der Waals surface area (Å²) in [6, 6.07) is 3.49. The molecule has 0 radical (unpaired) electrons. The molecule has 8 heteroatoms. The van der Waals surface area contributed by atoms with Gasteiger partial charge < -0.3 is 28.8 Å². The lowest BCUT2D eigenvalue weighted by Crippen LogP contribution is -2.68. The second-order valence-electron chi connectivity index (χ2n) is 11.8. The molecule has 8 nitrogen and oxygen atoms in total. The Bertz CT molecular complexity index is 1280. The predicted molar refractivity (Wildman–Crippen MR) is 141 cm³/mol. The van der Waals surface area contributed by atoms with Crippen LogP contribution in [0.25, 0.3) is 6.08 Å². The van der Waals surface area contributed by atoms with Crippen molar-refractivity contribution in [3.63, 3.8) is 0 Å². The van der Waals surface area contributed by atoms with E-state index in [2.05, 4.69) is 25.8 Å². The third-order valence-corrected chi connectivity index (χ3v) is 9.11. The van der Waals surface area contributed by atoms with Crippen molar-refractivity contribution in [2.75, 3.05) is 20.1 Å². The van der Waals surface area contributed by atoms with E-state index in [4.69, 9.17) is 13.9 Å². The van der Waals surface area contributed by atoms with E-state index in [1.54, 1.807) is 24.7 Å². The maximum absolute atomic E-state index is 13.7. The Hall–Kier alpha value is -3.26. The van der Waals surface area contributed by atoms with Crippen LogP contribution in [0.3, 0.4) is 0 Å². The number of rotatable bonds is 6. The van der Waals surface area contributed by atoms with Crippen LogP contribution in [0.2, 0.25) is 0 Å². The average molecular weight is 521 g/mol. The van der Waals surface area contributed by atoms with E-state index in [1.165, 1.54) is 13.0 Å². The molecule has 5 atom stereocenters. The number of piperidine rings is 1. The number of phenols is 1. The van der Waals surface area contributed by atoms with Crippen LogP contribution < -0.4 is 9.47 Å². The summed E-state index contributed by atoms with van der Waals surface area (Å²) in [5, 5.41) is 11.1. The number of carbonyl (C=O) groups is 2. The average Bonchev–Trinajstić information content (AvgIpc) is 3.50. The van der Waals surface area contributed by atoms with Crippen LogP contribution in [-0.4, -0.2) is 65.1 Å². The predicted octanol–water partition coefficient (Wildman–Crippen LogP) is 4.15. The summed E-state index contributed by atoms with van der Waals surface area (Å²) >= 11 is 0. The minimum atomic E-state index is -0.456. The molecule has 1 spiro atoms. The Balaban J connectivity index is 1.45. The van der Waals surface area contributed by atoms with Gasteiger partial charge in [-0.3, -0.25) is 9.59 Å². The highest BCUT2D eigenvalue weighted by Crippen LogP contribution is 2.65. The second-order valence-corrected chi connectivity index (χ2v) is 11.8. The number of hydrogen-bond acceptors (Lipinski definition) is 7. The van der Waals surface area contributed by atoms with Gasteiger partial charge in [-0.25, -0.2) is 0 Å². The molecule has 0 unspecified atom stereocenters. The van der Waals surface area contributed by atoms with Crippen molar-refractivity contribution in [1.29, 1.82) is 0 Å². The van der Waals surface area contributed by atoms with Crippen LogP contribution >= 0.6 is 0 Å². The molecule has 1 N–H and O–H groups in total. The number of esters is 1. The molecule has 2 aliphatic heterocycles. The Morgan fingerprint density at radius 2 is 2.16 bits per heavy atom. The number of nitrogens with zero attached hydrogens (tertiary/aromatic N) is 2. The highest BCUT2D eigenvalue weighted by Gasteiger charge is 2.67. The minimum Gasteiger partial charge on any atom is -0.508 e. The molecule has 202 valence electrons. The third kappa shape index (κ3) is 3.75. The Morgan fingerprint density at radius 3 is 2.87 bits per heavy atom.